The number of nitro groups is 1. The van der Waals surface area contributed by atoms with Crippen molar-refractivity contribution in [3.63, 3.8) is 0 Å². The summed E-state index contributed by atoms with van der Waals surface area (Å²) in [4.78, 5) is 16.5. The number of hydrogen-bond donors (Lipinski definition) is 0. The number of benzene rings is 1. The van der Waals surface area contributed by atoms with Crippen molar-refractivity contribution in [2.24, 2.45) is 0 Å². The molecule has 0 radical (unpaired) electrons. The molecule has 7 nitrogen and oxygen atoms in total. The predicted molar refractivity (Wildman–Crippen MR) is 85.6 cm³/mol. The maximum Gasteiger partial charge on any atom is 0.333 e. The molecule has 0 unspecified atom stereocenters. The third-order valence-electron chi connectivity index (χ3n) is 4.31. The molecule has 4 rings (SSSR count). The summed E-state index contributed by atoms with van der Waals surface area (Å²) < 4.78 is 28.9. The average Bonchev–Trinajstić information content (AvgIpc) is 3.17. The Balaban J connectivity index is 1.77. The molecule has 9 heteroatoms. The van der Waals surface area contributed by atoms with Gasteiger partial charge < -0.3 is 4.90 Å². The van der Waals surface area contributed by atoms with Crippen LogP contribution in [0.2, 0.25) is 0 Å². The van der Waals surface area contributed by atoms with Crippen LogP contribution in [0.25, 0.3) is 5.65 Å². The zero-order valence-electron chi connectivity index (χ0n) is 12.9. The van der Waals surface area contributed by atoms with Gasteiger partial charge in [-0.2, -0.15) is 5.10 Å². The van der Waals surface area contributed by atoms with Crippen molar-refractivity contribution < 1.29 is 13.7 Å². The molecule has 3 heterocycles. The molecule has 0 N–H and O–H groups in total. The summed E-state index contributed by atoms with van der Waals surface area (Å²) in [6, 6.07) is 7.24. The Morgan fingerprint density at radius 2 is 2.16 bits per heavy atom. The van der Waals surface area contributed by atoms with Gasteiger partial charge in [-0.3, -0.25) is 10.1 Å². The highest BCUT2D eigenvalue weighted by atomic mass is 19.1. The van der Waals surface area contributed by atoms with Crippen molar-refractivity contribution in [1.82, 2.24) is 14.6 Å². The monoisotopic (exact) mass is 345 g/mol. The number of anilines is 1. The second-order valence-corrected chi connectivity index (χ2v) is 5.90. The van der Waals surface area contributed by atoms with Gasteiger partial charge in [0.05, 0.1) is 17.5 Å². The van der Waals surface area contributed by atoms with Gasteiger partial charge in [-0.25, -0.2) is 18.3 Å². The van der Waals surface area contributed by atoms with Crippen LogP contribution in [-0.4, -0.2) is 32.2 Å². The van der Waals surface area contributed by atoms with E-state index in [9.17, 15) is 18.9 Å². The summed E-state index contributed by atoms with van der Waals surface area (Å²) in [6.45, 7) is 0.0896. The Kier molecular flexibility index (Phi) is 3.56. The van der Waals surface area contributed by atoms with E-state index in [4.69, 9.17) is 0 Å². The van der Waals surface area contributed by atoms with E-state index in [2.05, 4.69) is 10.1 Å². The molecule has 3 aromatic rings. The van der Waals surface area contributed by atoms with Gasteiger partial charge in [0.15, 0.2) is 0 Å². The Labute approximate surface area is 140 Å². The maximum atomic E-state index is 14.1. The fourth-order valence-corrected chi connectivity index (χ4v) is 3.20. The minimum atomic E-state index is -1.09. The van der Waals surface area contributed by atoms with E-state index < -0.39 is 16.9 Å². The van der Waals surface area contributed by atoms with Gasteiger partial charge in [0.25, 0.3) is 0 Å². The van der Waals surface area contributed by atoms with E-state index in [0.717, 1.165) is 6.20 Å². The van der Waals surface area contributed by atoms with Crippen LogP contribution in [-0.2, 0) is 0 Å². The molecule has 0 aliphatic carbocycles. The topological polar surface area (TPSA) is 76.6 Å². The van der Waals surface area contributed by atoms with E-state index in [1.54, 1.807) is 29.3 Å². The number of hydrogen-bond acceptors (Lipinski definition) is 5. The molecule has 1 saturated heterocycles. The van der Waals surface area contributed by atoms with Crippen molar-refractivity contribution in [2.75, 3.05) is 11.4 Å². The second-order valence-electron chi connectivity index (χ2n) is 5.90. The lowest BCUT2D eigenvalue weighted by molar-refractivity contribution is -0.383. The average molecular weight is 345 g/mol. The Morgan fingerprint density at radius 1 is 1.32 bits per heavy atom. The van der Waals surface area contributed by atoms with Crippen LogP contribution in [0, 0.1) is 15.9 Å². The number of alkyl halides is 1. The molecule has 0 spiro atoms. The number of rotatable bonds is 3. The summed E-state index contributed by atoms with van der Waals surface area (Å²) in [7, 11) is 0. The van der Waals surface area contributed by atoms with Crippen LogP contribution >= 0.6 is 0 Å². The predicted octanol–water partition coefficient (Wildman–Crippen LogP) is 3.07. The first-order valence-electron chi connectivity index (χ1n) is 7.68. The lowest BCUT2D eigenvalue weighted by Crippen LogP contribution is -2.25. The maximum absolute atomic E-state index is 14.1. The van der Waals surface area contributed by atoms with Crippen molar-refractivity contribution in [1.29, 1.82) is 0 Å². The molecular weight excluding hydrogens is 332 g/mol. The summed E-state index contributed by atoms with van der Waals surface area (Å²) in [6.07, 6.45) is 1.78. The lowest BCUT2D eigenvalue weighted by Gasteiger charge is -2.25. The SMILES string of the molecule is O=[N+]([O-])c1cnn2ccc(N3C[C@@H](F)C[C@@H]3c3cccc(F)c3)nc12. The summed E-state index contributed by atoms with van der Waals surface area (Å²) in [5.74, 6) is 0.000101. The second kappa shape index (κ2) is 5.76. The highest BCUT2D eigenvalue weighted by Gasteiger charge is 2.34. The van der Waals surface area contributed by atoms with Gasteiger partial charge >= 0.3 is 5.69 Å². The number of aromatic nitrogens is 3. The van der Waals surface area contributed by atoms with E-state index in [-0.39, 0.29) is 30.3 Å². The van der Waals surface area contributed by atoms with Gasteiger partial charge in [0.1, 0.15) is 24.0 Å². The highest BCUT2D eigenvalue weighted by Crippen LogP contribution is 2.37. The van der Waals surface area contributed by atoms with Crippen molar-refractivity contribution in [2.45, 2.75) is 18.6 Å². The minimum absolute atomic E-state index is 0.0859. The number of fused-ring (bicyclic) bond motifs is 1. The molecule has 1 fully saturated rings. The first-order valence-corrected chi connectivity index (χ1v) is 7.68. The summed E-state index contributed by atoms with van der Waals surface area (Å²) >= 11 is 0. The highest BCUT2D eigenvalue weighted by molar-refractivity contribution is 5.61. The smallest absolute Gasteiger partial charge is 0.333 e. The van der Waals surface area contributed by atoms with E-state index >= 15 is 0 Å². The van der Waals surface area contributed by atoms with Crippen LogP contribution in [0.1, 0.15) is 18.0 Å². The molecule has 0 saturated carbocycles. The normalized spacial score (nSPS) is 20.3. The van der Waals surface area contributed by atoms with E-state index in [1.165, 1.54) is 16.6 Å². The number of nitrogens with zero attached hydrogens (tertiary/aromatic N) is 5. The Hall–Kier alpha value is -3.10. The molecular formula is C16H13F2N5O2. The van der Waals surface area contributed by atoms with Crippen LogP contribution < -0.4 is 4.90 Å². The first kappa shape index (κ1) is 15.4. The summed E-state index contributed by atoms with van der Waals surface area (Å²) in [5, 5.41) is 15.0. The van der Waals surface area contributed by atoms with Crippen LogP contribution in [0.5, 0.6) is 0 Å². The third kappa shape index (κ3) is 2.67. The fraction of sp³-hybridized carbons (Fsp3) is 0.250. The van der Waals surface area contributed by atoms with Crippen LogP contribution in [0.3, 0.4) is 0 Å². The molecule has 1 aromatic carbocycles. The molecule has 128 valence electrons. The Morgan fingerprint density at radius 3 is 2.92 bits per heavy atom. The summed E-state index contributed by atoms with van der Waals surface area (Å²) in [5.41, 5.74) is 0.507. The molecule has 1 aliphatic rings. The van der Waals surface area contributed by atoms with Crippen molar-refractivity contribution >= 4 is 17.2 Å². The van der Waals surface area contributed by atoms with Gasteiger partial charge in [-0.1, -0.05) is 12.1 Å². The van der Waals surface area contributed by atoms with Gasteiger partial charge in [-0.15, -0.1) is 0 Å². The van der Waals surface area contributed by atoms with Crippen LogP contribution in [0.15, 0.2) is 42.7 Å². The van der Waals surface area contributed by atoms with E-state index in [1.807, 2.05) is 0 Å². The third-order valence-corrected chi connectivity index (χ3v) is 4.31. The molecule has 1 aliphatic heterocycles. The van der Waals surface area contributed by atoms with Gasteiger partial charge in [0, 0.05) is 12.6 Å². The Bertz CT molecular complexity index is 961. The van der Waals surface area contributed by atoms with Crippen molar-refractivity contribution in [3.8, 4) is 0 Å². The zero-order valence-corrected chi connectivity index (χ0v) is 12.9. The zero-order chi connectivity index (χ0) is 17.6. The first-order chi connectivity index (χ1) is 12.0. The quantitative estimate of drug-likeness (QED) is 0.539. The minimum Gasteiger partial charge on any atom is -0.346 e. The van der Waals surface area contributed by atoms with E-state index in [0.29, 0.717) is 11.4 Å². The molecule has 25 heavy (non-hydrogen) atoms. The molecule has 0 amide bonds. The van der Waals surface area contributed by atoms with Gasteiger partial charge in [-0.05, 0) is 23.8 Å². The van der Waals surface area contributed by atoms with Crippen LogP contribution in [0.4, 0.5) is 20.3 Å². The molecule has 2 atom stereocenters. The molecule has 0 bridgehead atoms. The van der Waals surface area contributed by atoms with Gasteiger partial charge in [0.2, 0.25) is 5.65 Å². The largest absolute Gasteiger partial charge is 0.346 e. The number of halogens is 2. The standard InChI is InChI=1S/C16H13F2N5O2/c17-11-3-1-2-10(6-11)13-7-12(18)9-21(13)15-4-5-22-16(20-15)14(8-19-22)23(24)25/h1-6,8,12-13H,7,9H2/t12-,13+/m0/s1. The van der Waals surface area contributed by atoms with Crippen molar-refractivity contribution in [3.05, 3.63) is 64.2 Å². The molecule has 2 aromatic heterocycles. The fourth-order valence-electron chi connectivity index (χ4n) is 3.20. The lowest BCUT2D eigenvalue weighted by atomic mass is 10.0.